The Bertz CT molecular complexity index is 1220. The fourth-order valence-corrected chi connectivity index (χ4v) is 3.93. The maximum Gasteiger partial charge on any atom is 0.234 e. The average molecular weight is 433 g/mol. The van der Waals surface area contributed by atoms with Crippen LogP contribution in [-0.4, -0.2) is 26.4 Å². The van der Waals surface area contributed by atoms with Crippen LogP contribution in [0.25, 0.3) is 17.1 Å². The molecule has 4 rings (SSSR count). The Kier molecular flexibility index (Phi) is 6.13. The number of aryl methyl sites for hydroxylation is 2. The number of aromatic nitrogens is 3. The summed E-state index contributed by atoms with van der Waals surface area (Å²) in [7, 11) is 0. The van der Waals surface area contributed by atoms with Crippen molar-refractivity contribution in [2.45, 2.75) is 19.0 Å². The maximum atomic E-state index is 14.5. The number of nitrogens with zero attached hydrogens (tertiary/aromatic N) is 3. The highest BCUT2D eigenvalue weighted by atomic mass is 32.2. The van der Waals surface area contributed by atoms with Crippen molar-refractivity contribution in [3.63, 3.8) is 0 Å². The Morgan fingerprint density at radius 2 is 1.74 bits per heavy atom. The SMILES string of the molecule is Cc1ccc(C)c(NC(=O)CSc2nnc(-c3ccccc3F)n2-c2ccccc2)c1. The lowest BCUT2D eigenvalue weighted by atomic mass is 10.1. The van der Waals surface area contributed by atoms with Gasteiger partial charge in [-0.15, -0.1) is 10.2 Å². The molecule has 0 fully saturated rings. The third-order valence-corrected chi connectivity index (χ3v) is 5.69. The average Bonchev–Trinajstić information content (AvgIpc) is 3.19. The van der Waals surface area contributed by atoms with Crippen molar-refractivity contribution in [3.8, 4) is 17.1 Å². The van der Waals surface area contributed by atoms with Gasteiger partial charge < -0.3 is 5.32 Å². The van der Waals surface area contributed by atoms with E-state index in [1.807, 2.05) is 62.4 Å². The molecule has 5 nitrogen and oxygen atoms in total. The van der Waals surface area contributed by atoms with Gasteiger partial charge in [-0.2, -0.15) is 0 Å². The van der Waals surface area contributed by atoms with Crippen LogP contribution in [0.5, 0.6) is 0 Å². The molecule has 0 saturated carbocycles. The van der Waals surface area contributed by atoms with Gasteiger partial charge in [0.25, 0.3) is 0 Å². The molecule has 1 N–H and O–H groups in total. The molecule has 0 unspecified atom stereocenters. The van der Waals surface area contributed by atoms with Gasteiger partial charge in [0.1, 0.15) is 5.82 Å². The molecule has 4 aromatic rings. The lowest BCUT2D eigenvalue weighted by molar-refractivity contribution is -0.113. The van der Waals surface area contributed by atoms with E-state index >= 15 is 0 Å². The second-order valence-electron chi connectivity index (χ2n) is 7.11. The molecule has 156 valence electrons. The maximum absolute atomic E-state index is 14.5. The Hall–Kier alpha value is -3.45. The molecule has 0 spiro atoms. The number of anilines is 1. The van der Waals surface area contributed by atoms with Gasteiger partial charge in [-0.25, -0.2) is 4.39 Å². The molecular weight excluding hydrogens is 411 g/mol. The fourth-order valence-electron chi connectivity index (χ4n) is 3.18. The third kappa shape index (κ3) is 4.67. The first-order valence-electron chi connectivity index (χ1n) is 9.78. The van der Waals surface area contributed by atoms with E-state index in [-0.39, 0.29) is 17.5 Å². The smallest absolute Gasteiger partial charge is 0.234 e. The highest BCUT2D eigenvalue weighted by Gasteiger charge is 2.19. The van der Waals surface area contributed by atoms with Gasteiger partial charge in [-0.05, 0) is 55.3 Å². The van der Waals surface area contributed by atoms with E-state index in [9.17, 15) is 9.18 Å². The van der Waals surface area contributed by atoms with Crippen molar-refractivity contribution < 1.29 is 9.18 Å². The van der Waals surface area contributed by atoms with Gasteiger partial charge in [0, 0.05) is 11.4 Å². The third-order valence-electron chi connectivity index (χ3n) is 4.76. The molecule has 1 heterocycles. The number of thioether (sulfide) groups is 1. The minimum absolute atomic E-state index is 0.145. The van der Waals surface area contributed by atoms with E-state index in [1.54, 1.807) is 22.8 Å². The number of amides is 1. The largest absolute Gasteiger partial charge is 0.325 e. The van der Waals surface area contributed by atoms with Gasteiger partial charge in [0.05, 0.1) is 11.3 Å². The van der Waals surface area contributed by atoms with Crippen molar-refractivity contribution in [1.82, 2.24) is 14.8 Å². The van der Waals surface area contributed by atoms with E-state index in [4.69, 9.17) is 0 Å². The summed E-state index contributed by atoms with van der Waals surface area (Å²) in [5, 5.41) is 11.9. The van der Waals surface area contributed by atoms with Crippen LogP contribution >= 0.6 is 11.8 Å². The number of hydrogen-bond acceptors (Lipinski definition) is 4. The molecule has 1 aromatic heterocycles. The van der Waals surface area contributed by atoms with Gasteiger partial charge >= 0.3 is 0 Å². The van der Waals surface area contributed by atoms with Crippen molar-refractivity contribution in [3.05, 3.63) is 89.7 Å². The number of benzene rings is 3. The monoisotopic (exact) mass is 432 g/mol. The molecular formula is C24H21FN4OS. The zero-order valence-electron chi connectivity index (χ0n) is 17.2. The number of hydrogen-bond donors (Lipinski definition) is 1. The first kappa shape index (κ1) is 20.8. The predicted molar refractivity (Wildman–Crippen MR) is 122 cm³/mol. The minimum atomic E-state index is -0.378. The summed E-state index contributed by atoms with van der Waals surface area (Å²) in [6.07, 6.45) is 0. The summed E-state index contributed by atoms with van der Waals surface area (Å²) >= 11 is 1.26. The Morgan fingerprint density at radius 1 is 1.00 bits per heavy atom. The molecule has 1 amide bonds. The predicted octanol–water partition coefficient (Wildman–Crippen LogP) is 5.42. The van der Waals surface area contributed by atoms with Crippen LogP contribution in [0.2, 0.25) is 0 Å². The number of para-hydroxylation sites is 1. The van der Waals surface area contributed by atoms with Crippen molar-refractivity contribution in [2.24, 2.45) is 0 Å². The topological polar surface area (TPSA) is 59.8 Å². The molecule has 7 heteroatoms. The summed E-state index contributed by atoms with van der Waals surface area (Å²) < 4.78 is 16.2. The lowest BCUT2D eigenvalue weighted by Gasteiger charge is -2.11. The summed E-state index contributed by atoms with van der Waals surface area (Å²) in [4.78, 5) is 12.6. The number of carbonyl (C=O) groups excluding carboxylic acids is 1. The first-order valence-corrected chi connectivity index (χ1v) is 10.8. The van der Waals surface area contributed by atoms with Crippen LogP contribution in [0.4, 0.5) is 10.1 Å². The lowest BCUT2D eigenvalue weighted by Crippen LogP contribution is -2.15. The number of halogens is 1. The molecule has 31 heavy (non-hydrogen) atoms. The quantitative estimate of drug-likeness (QED) is 0.413. The van der Waals surface area contributed by atoms with Gasteiger partial charge in [-0.1, -0.05) is 54.2 Å². The minimum Gasteiger partial charge on any atom is -0.325 e. The molecule has 0 saturated heterocycles. The van der Waals surface area contributed by atoms with Crippen molar-refractivity contribution in [1.29, 1.82) is 0 Å². The molecule has 3 aromatic carbocycles. The Labute approximate surface area is 184 Å². The van der Waals surface area contributed by atoms with Crippen LogP contribution < -0.4 is 5.32 Å². The zero-order valence-corrected chi connectivity index (χ0v) is 18.0. The highest BCUT2D eigenvalue weighted by Crippen LogP contribution is 2.29. The highest BCUT2D eigenvalue weighted by molar-refractivity contribution is 7.99. The molecule has 0 aliphatic heterocycles. The van der Waals surface area contributed by atoms with Crippen LogP contribution in [0.15, 0.2) is 78.0 Å². The summed E-state index contributed by atoms with van der Waals surface area (Å²) in [5.74, 6) is 0.0158. The van der Waals surface area contributed by atoms with E-state index in [1.165, 1.54) is 17.8 Å². The van der Waals surface area contributed by atoms with E-state index in [0.29, 0.717) is 16.5 Å². The summed E-state index contributed by atoms with van der Waals surface area (Å²) in [5.41, 5.74) is 4.01. The molecule has 0 radical (unpaired) electrons. The Morgan fingerprint density at radius 3 is 2.52 bits per heavy atom. The second-order valence-corrected chi connectivity index (χ2v) is 8.05. The first-order chi connectivity index (χ1) is 15.0. The van der Waals surface area contributed by atoms with Crippen LogP contribution in [-0.2, 0) is 4.79 Å². The zero-order chi connectivity index (χ0) is 21.8. The normalized spacial score (nSPS) is 10.8. The summed E-state index contributed by atoms with van der Waals surface area (Å²) in [6.45, 7) is 3.94. The van der Waals surface area contributed by atoms with Gasteiger partial charge in [0.2, 0.25) is 5.91 Å². The second kappa shape index (κ2) is 9.14. The molecule has 0 atom stereocenters. The van der Waals surface area contributed by atoms with Crippen molar-refractivity contribution in [2.75, 3.05) is 11.1 Å². The van der Waals surface area contributed by atoms with Gasteiger partial charge in [0.15, 0.2) is 11.0 Å². The van der Waals surface area contributed by atoms with E-state index < -0.39 is 0 Å². The van der Waals surface area contributed by atoms with Crippen LogP contribution in [0, 0.1) is 19.7 Å². The number of rotatable bonds is 6. The Balaban J connectivity index is 1.61. The molecule has 0 bridgehead atoms. The van der Waals surface area contributed by atoms with Crippen LogP contribution in [0.1, 0.15) is 11.1 Å². The standard InChI is InChI=1S/C24H21FN4OS/c1-16-12-13-17(2)21(14-16)26-22(30)15-31-24-28-27-23(19-10-6-7-11-20(19)25)29(24)18-8-4-3-5-9-18/h3-14H,15H2,1-2H3,(H,26,30). The van der Waals surface area contributed by atoms with Crippen LogP contribution in [0.3, 0.4) is 0 Å². The van der Waals surface area contributed by atoms with E-state index in [2.05, 4.69) is 15.5 Å². The molecule has 0 aliphatic rings. The molecule has 0 aliphatic carbocycles. The van der Waals surface area contributed by atoms with Gasteiger partial charge in [-0.3, -0.25) is 9.36 Å². The summed E-state index contributed by atoms with van der Waals surface area (Å²) in [6, 6.07) is 21.9. The van der Waals surface area contributed by atoms with E-state index in [0.717, 1.165) is 22.5 Å². The fraction of sp³-hybridized carbons (Fsp3) is 0.125. The number of nitrogens with one attached hydrogen (secondary N) is 1. The number of carbonyl (C=O) groups is 1. The van der Waals surface area contributed by atoms with Crippen molar-refractivity contribution >= 4 is 23.4 Å².